The number of benzene rings is 1. The molecule has 0 aliphatic rings. The minimum atomic E-state index is -0.909. The van der Waals surface area contributed by atoms with E-state index in [2.05, 4.69) is 0 Å². The van der Waals surface area contributed by atoms with Gasteiger partial charge in [-0.3, -0.25) is 9.59 Å². The number of nitrogens with two attached hydrogens (primary N) is 1. The van der Waals surface area contributed by atoms with E-state index in [0.29, 0.717) is 5.56 Å². The van der Waals surface area contributed by atoms with Crippen LogP contribution in [0.5, 0.6) is 0 Å². The topological polar surface area (TPSA) is 60.2 Å². The molecule has 0 unspecified atom stereocenters. The van der Waals surface area contributed by atoms with Crippen LogP contribution in [-0.2, 0) is 4.79 Å². The second kappa shape index (κ2) is 3.23. The molecular weight excluding hydrogens is 198 g/mol. The Morgan fingerprint density at radius 1 is 1.21 bits per heavy atom. The standard InChI is InChI=1S/C10H7NO2S/c11-10(13)9(12)7-5-14-8-4-2-1-3-6(7)8/h1-5H,(H2,11,13). The predicted molar refractivity (Wildman–Crippen MR) is 55.3 cm³/mol. The number of hydrogen-bond donors (Lipinski definition) is 1. The first-order valence-corrected chi connectivity index (χ1v) is 4.88. The number of fused-ring (bicyclic) bond motifs is 1. The van der Waals surface area contributed by atoms with Crippen molar-refractivity contribution in [1.29, 1.82) is 0 Å². The Morgan fingerprint density at radius 2 is 1.93 bits per heavy atom. The highest BCUT2D eigenvalue weighted by Crippen LogP contribution is 2.25. The summed E-state index contributed by atoms with van der Waals surface area (Å²) < 4.78 is 0.983. The lowest BCUT2D eigenvalue weighted by molar-refractivity contribution is -0.114. The molecule has 0 aliphatic heterocycles. The number of carbonyl (C=O) groups excluding carboxylic acids is 2. The van der Waals surface area contributed by atoms with Crippen LogP contribution in [0.4, 0.5) is 0 Å². The molecule has 4 heteroatoms. The second-order valence-electron chi connectivity index (χ2n) is 2.84. The van der Waals surface area contributed by atoms with Gasteiger partial charge in [-0.15, -0.1) is 11.3 Å². The summed E-state index contributed by atoms with van der Waals surface area (Å²) in [4.78, 5) is 22.1. The number of rotatable bonds is 2. The molecule has 0 saturated carbocycles. The van der Waals surface area contributed by atoms with Gasteiger partial charge in [0.2, 0.25) is 0 Å². The maximum atomic E-state index is 11.4. The number of hydrogen-bond acceptors (Lipinski definition) is 3. The van der Waals surface area contributed by atoms with Gasteiger partial charge in [-0.1, -0.05) is 18.2 Å². The van der Waals surface area contributed by atoms with Gasteiger partial charge >= 0.3 is 0 Å². The first-order valence-electron chi connectivity index (χ1n) is 4.00. The molecule has 0 radical (unpaired) electrons. The van der Waals surface area contributed by atoms with E-state index in [1.807, 2.05) is 24.3 Å². The van der Waals surface area contributed by atoms with Gasteiger partial charge < -0.3 is 5.73 Å². The SMILES string of the molecule is NC(=O)C(=O)c1csc2ccccc12. The lowest BCUT2D eigenvalue weighted by atomic mass is 10.1. The molecule has 0 spiro atoms. The highest BCUT2D eigenvalue weighted by molar-refractivity contribution is 7.17. The van der Waals surface area contributed by atoms with Crippen molar-refractivity contribution < 1.29 is 9.59 Å². The van der Waals surface area contributed by atoms with Crippen molar-refractivity contribution in [2.24, 2.45) is 5.73 Å². The molecule has 0 bridgehead atoms. The molecule has 2 rings (SSSR count). The lowest BCUT2D eigenvalue weighted by Gasteiger charge is -1.93. The minimum absolute atomic E-state index is 0.401. The second-order valence-corrected chi connectivity index (χ2v) is 3.75. The van der Waals surface area contributed by atoms with Crippen molar-refractivity contribution in [3.05, 3.63) is 35.2 Å². The van der Waals surface area contributed by atoms with Crippen LogP contribution in [0.2, 0.25) is 0 Å². The normalized spacial score (nSPS) is 10.3. The molecule has 2 N–H and O–H groups in total. The summed E-state index contributed by atoms with van der Waals surface area (Å²) >= 11 is 1.43. The lowest BCUT2D eigenvalue weighted by Crippen LogP contribution is -2.22. The zero-order valence-corrected chi connectivity index (χ0v) is 8.01. The van der Waals surface area contributed by atoms with Gasteiger partial charge in [0.15, 0.2) is 0 Å². The molecule has 14 heavy (non-hydrogen) atoms. The van der Waals surface area contributed by atoms with Gasteiger partial charge in [0, 0.05) is 21.0 Å². The van der Waals surface area contributed by atoms with E-state index in [9.17, 15) is 9.59 Å². The zero-order valence-electron chi connectivity index (χ0n) is 7.19. The van der Waals surface area contributed by atoms with Crippen LogP contribution in [0.1, 0.15) is 10.4 Å². The van der Waals surface area contributed by atoms with Crippen LogP contribution < -0.4 is 5.73 Å². The Bertz CT molecular complexity index is 516. The van der Waals surface area contributed by atoms with Gasteiger partial charge in [0.1, 0.15) is 0 Å². The van der Waals surface area contributed by atoms with Crippen molar-refractivity contribution in [3.8, 4) is 0 Å². The van der Waals surface area contributed by atoms with E-state index in [0.717, 1.165) is 10.1 Å². The fourth-order valence-electron chi connectivity index (χ4n) is 1.29. The first kappa shape index (κ1) is 8.90. The Labute approximate surface area is 84.1 Å². The third-order valence-electron chi connectivity index (χ3n) is 1.95. The van der Waals surface area contributed by atoms with E-state index >= 15 is 0 Å². The molecular formula is C10H7NO2S. The summed E-state index contributed by atoms with van der Waals surface area (Å²) in [6.07, 6.45) is 0. The summed E-state index contributed by atoms with van der Waals surface area (Å²) in [6, 6.07) is 7.42. The number of carbonyl (C=O) groups is 2. The number of thiophene rings is 1. The molecule has 0 fully saturated rings. The molecule has 3 nitrogen and oxygen atoms in total. The van der Waals surface area contributed by atoms with E-state index in [1.54, 1.807) is 5.38 Å². The van der Waals surface area contributed by atoms with Crippen molar-refractivity contribution >= 4 is 33.1 Å². The summed E-state index contributed by atoms with van der Waals surface area (Å²) in [5, 5.41) is 2.46. The summed E-state index contributed by atoms with van der Waals surface area (Å²) in [5.41, 5.74) is 5.34. The number of primary amides is 1. The summed E-state index contributed by atoms with van der Waals surface area (Å²) in [7, 11) is 0. The first-order chi connectivity index (χ1) is 6.70. The molecule has 0 atom stereocenters. The fourth-order valence-corrected chi connectivity index (χ4v) is 2.23. The van der Waals surface area contributed by atoms with Gasteiger partial charge in [0.25, 0.3) is 11.7 Å². The fraction of sp³-hybridized carbons (Fsp3) is 0. The van der Waals surface area contributed by atoms with Gasteiger partial charge in [-0.2, -0.15) is 0 Å². The molecule has 1 amide bonds. The average molecular weight is 205 g/mol. The molecule has 70 valence electrons. The van der Waals surface area contributed by atoms with Crippen LogP contribution >= 0.6 is 11.3 Å². The van der Waals surface area contributed by atoms with E-state index in [-0.39, 0.29) is 0 Å². The maximum absolute atomic E-state index is 11.4. The Morgan fingerprint density at radius 3 is 2.64 bits per heavy atom. The third-order valence-corrected chi connectivity index (χ3v) is 2.91. The predicted octanol–water partition coefficient (Wildman–Crippen LogP) is 1.57. The van der Waals surface area contributed by atoms with Crippen LogP contribution in [0, 0.1) is 0 Å². The van der Waals surface area contributed by atoms with Gasteiger partial charge in [-0.25, -0.2) is 0 Å². The number of amides is 1. The summed E-state index contributed by atoms with van der Waals surface area (Å²) in [6.45, 7) is 0. The number of ketones is 1. The van der Waals surface area contributed by atoms with E-state index < -0.39 is 11.7 Å². The molecule has 1 aromatic heterocycles. The van der Waals surface area contributed by atoms with Crippen molar-refractivity contribution in [2.45, 2.75) is 0 Å². The molecule has 0 saturated heterocycles. The molecule has 1 aromatic carbocycles. The molecule has 0 aliphatic carbocycles. The van der Waals surface area contributed by atoms with Crippen LogP contribution in [0.3, 0.4) is 0 Å². The highest BCUT2D eigenvalue weighted by Gasteiger charge is 2.16. The van der Waals surface area contributed by atoms with E-state index in [1.165, 1.54) is 11.3 Å². The zero-order chi connectivity index (χ0) is 10.1. The maximum Gasteiger partial charge on any atom is 0.289 e. The Hall–Kier alpha value is -1.68. The van der Waals surface area contributed by atoms with Crippen molar-refractivity contribution in [3.63, 3.8) is 0 Å². The van der Waals surface area contributed by atoms with Crippen molar-refractivity contribution in [2.75, 3.05) is 0 Å². The van der Waals surface area contributed by atoms with Crippen molar-refractivity contribution in [1.82, 2.24) is 0 Å². The third kappa shape index (κ3) is 1.29. The number of Topliss-reactive ketones (excluding diaryl/α,β-unsaturated/α-hetero) is 1. The van der Waals surface area contributed by atoms with Gasteiger partial charge in [0.05, 0.1) is 0 Å². The van der Waals surface area contributed by atoms with Crippen LogP contribution in [0.15, 0.2) is 29.6 Å². The van der Waals surface area contributed by atoms with Crippen LogP contribution in [-0.4, -0.2) is 11.7 Å². The van der Waals surface area contributed by atoms with E-state index in [4.69, 9.17) is 5.73 Å². The average Bonchev–Trinajstić information content (AvgIpc) is 2.60. The quantitative estimate of drug-likeness (QED) is 0.597. The van der Waals surface area contributed by atoms with Gasteiger partial charge in [-0.05, 0) is 6.07 Å². The molecule has 1 heterocycles. The Balaban J connectivity index is 2.64. The monoisotopic (exact) mass is 205 g/mol. The van der Waals surface area contributed by atoms with Crippen LogP contribution in [0.25, 0.3) is 10.1 Å². The molecule has 2 aromatic rings. The summed E-state index contributed by atoms with van der Waals surface area (Å²) in [5.74, 6) is -1.53. The largest absolute Gasteiger partial charge is 0.363 e. The highest BCUT2D eigenvalue weighted by atomic mass is 32.1. The smallest absolute Gasteiger partial charge is 0.289 e. The Kier molecular flexibility index (Phi) is 2.05. The minimum Gasteiger partial charge on any atom is -0.363 e.